The van der Waals surface area contributed by atoms with Gasteiger partial charge in [-0.3, -0.25) is 9.69 Å². The molecule has 0 spiro atoms. The Bertz CT molecular complexity index is 269. The van der Waals surface area contributed by atoms with Gasteiger partial charge in [-0.15, -0.1) is 0 Å². The van der Waals surface area contributed by atoms with Crippen LogP contribution in [0.25, 0.3) is 0 Å². The molecule has 84 valence electrons. The summed E-state index contributed by atoms with van der Waals surface area (Å²) in [5, 5.41) is 9.01. The second kappa shape index (κ2) is 5.13. The maximum Gasteiger partial charge on any atom is 0.231 e. The van der Waals surface area contributed by atoms with Gasteiger partial charge in [0.1, 0.15) is 0 Å². The number of nitrogens with two attached hydrogens (primary N) is 1. The van der Waals surface area contributed by atoms with Crippen molar-refractivity contribution in [3.8, 4) is 6.07 Å². The molecule has 0 aliphatic heterocycles. The molecule has 1 amide bonds. The van der Waals surface area contributed by atoms with E-state index in [0.29, 0.717) is 0 Å². The van der Waals surface area contributed by atoms with Crippen LogP contribution in [0.3, 0.4) is 0 Å². The average Bonchev–Trinajstić information content (AvgIpc) is 2.60. The lowest BCUT2D eigenvalue weighted by Gasteiger charge is -2.33. The zero-order valence-electron chi connectivity index (χ0n) is 9.44. The molecule has 1 aliphatic carbocycles. The number of carbonyl (C=O) groups excluding carboxylic acids is 1. The molecular formula is C11H19N3O. The summed E-state index contributed by atoms with van der Waals surface area (Å²) in [5.41, 5.74) is 5.22. The number of rotatable bonds is 4. The van der Waals surface area contributed by atoms with E-state index in [9.17, 15) is 4.79 Å². The Hall–Kier alpha value is -1.08. The Morgan fingerprint density at radius 1 is 1.60 bits per heavy atom. The zero-order valence-corrected chi connectivity index (χ0v) is 9.44. The third-order valence-corrected chi connectivity index (χ3v) is 3.07. The Kier molecular flexibility index (Phi) is 4.10. The van der Waals surface area contributed by atoms with Crippen molar-refractivity contribution in [1.29, 1.82) is 5.26 Å². The molecule has 1 saturated carbocycles. The molecule has 15 heavy (non-hydrogen) atoms. The first-order chi connectivity index (χ1) is 7.06. The molecule has 2 N–H and O–H groups in total. The molecule has 1 fully saturated rings. The van der Waals surface area contributed by atoms with E-state index in [4.69, 9.17) is 11.0 Å². The van der Waals surface area contributed by atoms with Crippen molar-refractivity contribution in [3.63, 3.8) is 0 Å². The first kappa shape index (κ1) is 12.0. The zero-order chi connectivity index (χ0) is 11.4. The summed E-state index contributed by atoms with van der Waals surface area (Å²) >= 11 is 0. The molecule has 4 nitrogen and oxygen atoms in total. The highest BCUT2D eigenvalue weighted by Crippen LogP contribution is 2.30. The minimum Gasteiger partial charge on any atom is -0.369 e. The van der Waals surface area contributed by atoms with Gasteiger partial charge in [-0.1, -0.05) is 6.42 Å². The van der Waals surface area contributed by atoms with Gasteiger partial charge in [0, 0.05) is 12.1 Å². The third kappa shape index (κ3) is 2.93. The average molecular weight is 209 g/mol. The van der Waals surface area contributed by atoms with Crippen LogP contribution < -0.4 is 5.73 Å². The molecule has 0 aromatic heterocycles. The largest absolute Gasteiger partial charge is 0.369 e. The molecule has 4 heteroatoms. The fraction of sp³-hybridized carbons (Fsp3) is 0.818. The smallest absolute Gasteiger partial charge is 0.231 e. The number of nitrogens with zero attached hydrogens (tertiary/aromatic N) is 2. The lowest BCUT2D eigenvalue weighted by Crippen LogP contribution is -2.46. The number of primary amides is 1. The van der Waals surface area contributed by atoms with Crippen molar-refractivity contribution < 1.29 is 4.79 Å². The Balaban J connectivity index is 2.71. The van der Waals surface area contributed by atoms with Crippen LogP contribution in [0.1, 0.15) is 33.1 Å². The van der Waals surface area contributed by atoms with Gasteiger partial charge in [-0.25, -0.2) is 0 Å². The third-order valence-electron chi connectivity index (χ3n) is 3.07. The standard InChI is InChI=1S/C11H19N3O/c1-8(2)14(7-11(13)15)10-5-3-4-9(10)6-12/h8-10H,3-5,7H2,1-2H3,(H2,13,15). The van der Waals surface area contributed by atoms with E-state index >= 15 is 0 Å². The summed E-state index contributed by atoms with van der Waals surface area (Å²) in [7, 11) is 0. The van der Waals surface area contributed by atoms with Crippen LogP contribution in [0.15, 0.2) is 0 Å². The highest BCUT2D eigenvalue weighted by atomic mass is 16.1. The van der Waals surface area contributed by atoms with Crippen LogP contribution in [-0.2, 0) is 4.79 Å². The highest BCUT2D eigenvalue weighted by Gasteiger charge is 2.33. The van der Waals surface area contributed by atoms with Crippen LogP contribution >= 0.6 is 0 Å². The number of nitriles is 1. The van der Waals surface area contributed by atoms with Crippen molar-refractivity contribution in [3.05, 3.63) is 0 Å². The van der Waals surface area contributed by atoms with Crippen molar-refractivity contribution in [2.45, 2.75) is 45.2 Å². The van der Waals surface area contributed by atoms with E-state index in [0.717, 1.165) is 19.3 Å². The second-order valence-electron chi connectivity index (χ2n) is 4.47. The SMILES string of the molecule is CC(C)N(CC(N)=O)C1CCCC1C#N. The molecule has 1 rings (SSSR count). The van der Waals surface area contributed by atoms with E-state index in [1.54, 1.807) is 0 Å². The molecule has 0 saturated heterocycles. The lowest BCUT2D eigenvalue weighted by atomic mass is 10.0. The minimum atomic E-state index is -0.313. The van der Waals surface area contributed by atoms with Crippen LogP contribution in [0.5, 0.6) is 0 Å². The first-order valence-electron chi connectivity index (χ1n) is 5.50. The summed E-state index contributed by atoms with van der Waals surface area (Å²) in [4.78, 5) is 13.0. The number of amides is 1. The molecule has 2 unspecified atom stereocenters. The fourth-order valence-electron chi connectivity index (χ4n) is 2.35. The summed E-state index contributed by atoms with van der Waals surface area (Å²) < 4.78 is 0. The van der Waals surface area contributed by atoms with Crippen LogP contribution in [-0.4, -0.2) is 29.4 Å². The normalized spacial score (nSPS) is 25.8. The summed E-state index contributed by atoms with van der Waals surface area (Å²) in [6.45, 7) is 4.34. The summed E-state index contributed by atoms with van der Waals surface area (Å²) in [6.07, 6.45) is 3.03. The Morgan fingerprint density at radius 2 is 2.27 bits per heavy atom. The van der Waals surface area contributed by atoms with Crippen LogP contribution in [0.2, 0.25) is 0 Å². The van der Waals surface area contributed by atoms with Crippen LogP contribution in [0, 0.1) is 17.2 Å². The van der Waals surface area contributed by atoms with Gasteiger partial charge in [0.05, 0.1) is 18.5 Å². The quantitative estimate of drug-likeness (QED) is 0.747. The van der Waals surface area contributed by atoms with E-state index < -0.39 is 0 Å². The molecular weight excluding hydrogens is 190 g/mol. The van der Waals surface area contributed by atoms with Gasteiger partial charge in [-0.2, -0.15) is 5.26 Å². The molecule has 0 heterocycles. The first-order valence-corrected chi connectivity index (χ1v) is 5.50. The monoisotopic (exact) mass is 209 g/mol. The highest BCUT2D eigenvalue weighted by molar-refractivity contribution is 5.76. The van der Waals surface area contributed by atoms with Gasteiger partial charge >= 0.3 is 0 Å². The molecule has 0 bridgehead atoms. The van der Waals surface area contributed by atoms with E-state index in [1.807, 2.05) is 13.8 Å². The molecule has 2 atom stereocenters. The predicted octanol–water partition coefficient (Wildman–Crippen LogP) is 0.874. The van der Waals surface area contributed by atoms with Crippen molar-refractivity contribution in [2.75, 3.05) is 6.54 Å². The van der Waals surface area contributed by atoms with E-state index in [1.165, 1.54) is 0 Å². The van der Waals surface area contributed by atoms with E-state index in [2.05, 4.69) is 11.0 Å². The van der Waals surface area contributed by atoms with Crippen molar-refractivity contribution in [1.82, 2.24) is 4.90 Å². The van der Waals surface area contributed by atoms with Crippen LogP contribution in [0.4, 0.5) is 0 Å². The van der Waals surface area contributed by atoms with Gasteiger partial charge in [0.15, 0.2) is 0 Å². The maximum atomic E-state index is 11.0. The Labute approximate surface area is 91.0 Å². The number of hydrogen-bond donors (Lipinski definition) is 1. The lowest BCUT2D eigenvalue weighted by molar-refractivity contribution is -0.120. The number of carbonyl (C=O) groups is 1. The summed E-state index contributed by atoms with van der Waals surface area (Å²) in [6, 6.07) is 2.80. The minimum absolute atomic E-state index is 0.0618. The van der Waals surface area contributed by atoms with Gasteiger partial charge < -0.3 is 5.73 Å². The topological polar surface area (TPSA) is 70.1 Å². The summed E-state index contributed by atoms with van der Waals surface area (Å²) in [5.74, 6) is -0.251. The van der Waals surface area contributed by atoms with Gasteiger partial charge in [-0.05, 0) is 26.7 Å². The van der Waals surface area contributed by atoms with Crippen molar-refractivity contribution >= 4 is 5.91 Å². The molecule has 0 radical (unpaired) electrons. The molecule has 0 aromatic carbocycles. The Morgan fingerprint density at radius 3 is 2.73 bits per heavy atom. The molecule has 0 aromatic rings. The molecule has 1 aliphatic rings. The van der Waals surface area contributed by atoms with Crippen molar-refractivity contribution in [2.24, 2.45) is 11.7 Å². The second-order valence-corrected chi connectivity index (χ2v) is 4.47. The van der Waals surface area contributed by atoms with Gasteiger partial charge in [0.25, 0.3) is 0 Å². The maximum absolute atomic E-state index is 11.0. The van der Waals surface area contributed by atoms with E-state index in [-0.39, 0.29) is 30.5 Å². The number of hydrogen-bond acceptors (Lipinski definition) is 3. The van der Waals surface area contributed by atoms with Gasteiger partial charge in [0.2, 0.25) is 5.91 Å². The fourth-order valence-corrected chi connectivity index (χ4v) is 2.35. The predicted molar refractivity (Wildman–Crippen MR) is 57.8 cm³/mol.